The summed E-state index contributed by atoms with van der Waals surface area (Å²) in [7, 11) is 1.28. The lowest BCUT2D eigenvalue weighted by molar-refractivity contribution is -0.145. The molecule has 5 heteroatoms. The number of rotatable bonds is 4. The van der Waals surface area contributed by atoms with Crippen molar-refractivity contribution in [3.8, 4) is 0 Å². The van der Waals surface area contributed by atoms with Crippen molar-refractivity contribution >= 4 is 17.6 Å². The third kappa shape index (κ3) is 3.98. The molecule has 17 heavy (non-hydrogen) atoms. The van der Waals surface area contributed by atoms with Gasteiger partial charge in [0.25, 0.3) is 0 Å². The molecule has 3 nitrogen and oxygen atoms in total. The second kappa shape index (κ2) is 5.98. The molecule has 0 heterocycles. The second-order valence-corrected chi connectivity index (χ2v) is 4.31. The standard InChI is InChI=1S/C12H14ClFO3/c1-7(12(16)17-2)3-11(15)8-4-9(13)6-10(14)5-8/h4-7,11,15H,3H2,1-2H3. The zero-order chi connectivity index (χ0) is 13.0. The van der Waals surface area contributed by atoms with E-state index in [-0.39, 0.29) is 11.4 Å². The Hall–Kier alpha value is -1.13. The Labute approximate surface area is 104 Å². The third-order valence-corrected chi connectivity index (χ3v) is 2.67. The van der Waals surface area contributed by atoms with Gasteiger partial charge in [0.15, 0.2) is 0 Å². The van der Waals surface area contributed by atoms with Crippen molar-refractivity contribution in [2.24, 2.45) is 5.92 Å². The molecule has 1 aromatic carbocycles. The summed E-state index contributed by atoms with van der Waals surface area (Å²) in [4.78, 5) is 11.2. The predicted molar refractivity (Wildman–Crippen MR) is 62.2 cm³/mol. The van der Waals surface area contributed by atoms with Gasteiger partial charge < -0.3 is 9.84 Å². The molecule has 0 saturated heterocycles. The minimum Gasteiger partial charge on any atom is -0.469 e. The van der Waals surface area contributed by atoms with Crippen LogP contribution in [0.15, 0.2) is 18.2 Å². The van der Waals surface area contributed by atoms with E-state index in [0.717, 1.165) is 6.07 Å². The van der Waals surface area contributed by atoms with Crippen LogP contribution in [-0.2, 0) is 9.53 Å². The lowest BCUT2D eigenvalue weighted by atomic mass is 9.98. The zero-order valence-electron chi connectivity index (χ0n) is 9.61. The number of carbonyl (C=O) groups excluding carboxylic acids is 1. The van der Waals surface area contributed by atoms with E-state index < -0.39 is 23.8 Å². The van der Waals surface area contributed by atoms with E-state index in [0.29, 0.717) is 5.56 Å². The maximum atomic E-state index is 13.1. The summed E-state index contributed by atoms with van der Waals surface area (Å²) < 4.78 is 17.6. The number of methoxy groups -OCH3 is 1. The summed E-state index contributed by atoms with van der Waals surface area (Å²) in [5.74, 6) is -1.39. The van der Waals surface area contributed by atoms with E-state index in [1.165, 1.54) is 19.2 Å². The molecule has 94 valence electrons. The molecule has 0 spiro atoms. The van der Waals surface area contributed by atoms with Gasteiger partial charge in [0.1, 0.15) is 5.82 Å². The van der Waals surface area contributed by atoms with Gasteiger partial charge >= 0.3 is 5.97 Å². The van der Waals surface area contributed by atoms with Crippen LogP contribution in [0.1, 0.15) is 25.0 Å². The van der Waals surface area contributed by atoms with E-state index >= 15 is 0 Å². The molecule has 1 N–H and O–H groups in total. The van der Waals surface area contributed by atoms with Crippen molar-refractivity contribution in [3.05, 3.63) is 34.6 Å². The van der Waals surface area contributed by atoms with Gasteiger partial charge in [-0.25, -0.2) is 4.39 Å². The van der Waals surface area contributed by atoms with E-state index in [1.54, 1.807) is 6.92 Å². The summed E-state index contributed by atoms with van der Waals surface area (Å²) in [6.07, 6.45) is -0.788. The SMILES string of the molecule is COC(=O)C(C)CC(O)c1cc(F)cc(Cl)c1. The molecule has 0 amide bonds. The van der Waals surface area contributed by atoms with Gasteiger partial charge in [0.05, 0.1) is 19.1 Å². The first kappa shape index (κ1) is 13.9. The van der Waals surface area contributed by atoms with Gasteiger partial charge in [-0.2, -0.15) is 0 Å². The molecule has 0 aliphatic carbocycles. The average molecular weight is 261 g/mol. The molecule has 0 aromatic heterocycles. The summed E-state index contributed by atoms with van der Waals surface area (Å²) in [5, 5.41) is 10.1. The molecule has 0 aliphatic rings. The average Bonchev–Trinajstić information content (AvgIpc) is 2.26. The number of esters is 1. The first-order chi connectivity index (χ1) is 7.93. The topological polar surface area (TPSA) is 46.5 Å². The molecule has 0 fully saturated rings. The van der Waals surface area contributed by atoms with Crippen LogP contribution >= 0.6 is 11.6 Å². The summed E-state index contributed by atoms with van der Waals surface area (Å²) in [6, 6.07) is 3.82. The fourth-order valence-corrected chi connectivity index (χ4v) is 1.77. The highest BCUT2D eigenvalue weighted by Gasteiger charge is 2.19. The fourth-order valence-electron chi connectivity index (χ4n) is 1.54. The molecule has 0 radical (unpaired) electrons. The molecule has 2 atom stereocenters. The number of ether oxygens (including phenoxy) is 1. The minimum atomic E-state index is -0.947. The highest BCUT2D eigenvalue weighted by atomic mass is 35.5. The monoisotopic (exact) mass is 260 g/mol. The first-order valence-corrected chi connectivity index (χ1v) is 5.53. The van der Waals surface area contributed by atoms with Crippen molar-refractivity contribution in [2.75, 3.05) is 7.11 Å². The van der Waals surface area contributed by atoms with E-state index in [4.69, 9.17) is 11.6 Å². The van der Waals surface area contributed by atoms with Gasteiger partial charge in [0.2, 0.25) is 0 Å². The number of carbonyl (C=O) groups is 1. The molecule has 0 aliphatic heterocycles. The molecule has 1 aromatic rings. The second-order valence-electron chi connectivity index (χ2n) is 3.88. The van der Waals surface area contributed by atoms with E-state index in [1.807, 2.05) is 0 Å². The number of aliphatic hydroxyl groups excluding tert-OH is 1. The Kier molecular flexibility index (Phi) is 4.90. The lowest BCUT2D eigenvalue weighted by Gasteiger charge is -2.15. The highest BCUT2D eigenvalue weighted by Crippen LogP contribution is 2.25. The van der Waals surface area contributed by atoms with Crippen molar-refractivity contribution in [2.45, 2.75) is 19.4 Å². The van der Waals surface area contributed by atoms with Crippen molar-refractivity contribution in [1.29, 1.82) is 0 Å². The predicted octanol–water partition coefficient (Wildman–Crippen LogP) is 2.71. The number of benzene rings is 1. The Morgan fingerprint density at radius 3 is 2.71 bits per heavy atom. The molecular weight excluding hydrogens is 247 g/mol. The molecule has 1 rings (SSSR count). The lowest BCUT2D eigenvalue weighted by Crippen LogP contribution is -2.16. The van der Waals surface area contributed by atoms with Crippen LogP contribution in [0.3, 0.4) is 0 Å². The van der Waals surface area contributed by atoms with Crippen molar-refractivity contribution < 1.29 is 19.0 Å². The van der Waals surface area contributed by atoms with Gasteiger partial charge in [-0.3, -0.25) is 4.79 Å². The van der Waals surface area contributed by atoms with Crippen LogP contribution in [-0.4, -0.2) is 18.2 Å². The molecule has 0 bridgehead atoms. The summed E-state index contributed by atoms with van der Waals surface area (Å²) in [6.45, 7) is 1.63. The zero-order valence-corrected chi connectivity index (χ0v) is 10.4. The number of aliphatic hydroxyl groups is 1. The van der Waals surface area contributed by atoms with Crippen LogP contribution in [0.5, 0.6) is 0 Å². The Morgan fingerprint density at radius 1 is 1.53 bits per heavy atom. The highest BCUT2D eigenvalue weighted by molar-refractivity contribution is 6.30. The molecular formula is C12H14ClFO3. The number of hydrogen-bond donors (Lipinski definition) is 1. The van der Waals surface area contributed by atoms with Crippen LogP contribution < -0.4 is 0 Å². The Balaban J connectivity index is 2.75. The van der Waals surface area contributed by atoms with Gasteiger partial charge in [0, 0.05) is 5.02 Å². The normalized spacial score (nSPS) is 14.2. The third-order valence-electron chi connectivity index (χ3n) is 2.45. The number of halogens is 2. The van der Waals surface area contributed by atoms with E-state index in [2.05, 4.69) is 4.74 Å². The summed E-state index contributed by atoms with van der Waals surface area (Å²) in [5.41, 5.74) is 0.353. The quantitative estimate of drug-likeness (QED) is 0.847. The molecule has 0 saturated carbocycles. The van der Waals surface area contributed by atoms with Crippen LogP contribution in [0.4, 0.5) is 4.39 Å². The van der Waals surface area contributed by atoms with Crippen molar-refractivity contribution in [1.82, 2.24) is 0 Å². The largest absolute Gasteiger partial charge is 0.469 e. The fraction of sp³-hybridized carbons (Fsp3) is 0.417. The Morgan fingerprint density at radius 2 is 2.18 bits per heavy atom. The van der Waals surface area contributed by atoms with Crippen LogP contribution in [0.2, 0.25) is 5.02 Å². The van der Waals surface area contributed by atoms with Crippen LogP contribution in [0, 0.1) is 11.7 Å². The molecule has 2 unspecified atom stereocenters. The summed E-state index contributed by atoms with van der Waals surface area (Å²) >= 11 is 5.68. The van der Waals surface area contributed by atoms with Gasteiger partial charge in [-0.1, -0.05) is 18.5 Å². The van der Waals surface area contributed by atoms with E-state index in [9.17, 15) is 14.3 Å². The smallest absolute Gasteiger partial charge is 0.308 e. The van der Waals surface area contributed by atoms with Crippen molar-refractivity contribution in [3.63, 3.8) is 0 Å². The van der Waals surface area contributed by atoms with Crippen LogP contribution in [0.25, 0.3) is 0 Å². The maximum absolute atomic E-state index is 13.1. The number of hydrogen-bond acceptors (Lipinski definition) is 3. The van der Waals surface area contributed by atoms with Gasteiger partial charge in [-0.05, 0) is 30.2 Å². The Bertz CT molecular complexity index is 388. The minimum absolute atomic E-state index is 0.159. The van der Waals surface area contributed by atoms with Gasteiger partial charge in [-0.15, -0.1) is 0 Å². The first-order valence-electron chi connectivity index (χ1n) is 5.16. The maximum Gasteiger partial charge on any atom is 0.308 e.